The van der Waals surface area contributed by atoms with E-state index in [9.17, 15) is 4.39 Å². The van der Waals surface area contributed by atoms with Gasteiger partial charge >= 0.3 is 0 Å². The molecule has 3 rings (SSSR count). The number of hydrogen-bond acceptors (Lipinski definition) is 4. The third kappa shape index (κ3) is 3.56. The molecule has 1 aromatic heterocycles. The lowest BCUT2D eigenvalue weighted by Crippen LogP contribution is -2.22. The lowest BCUT2D eigenvalue weighted by molar-refractivity contribution is 0.499. The van der Waals surface area contributed by atoms with Gasteiger partial charge in [0.05, 0.1) is 6.54 Å². The Bertz CT molecular complexity index is 783. The van der Waals surface area contributed by atoms with Crippen molar-refractivity contribution in [2.24, 2.45) is 0 Å². The first kappa shape index (κ1) is 15.2. The molecule has 0 bridgehead atoms. The highest BCUT2D eigenvalue weighted by Gasteiger charge is 2.12. The van der Waals surface area contributed by atoms with Crippen molar-refractivity contribution in [3.8, 4) is 11.5 Å². The highest BCUT2D eigenvalue weighted by atomic mass is 19.1. The van der Waals surface area contributed by atoms with E-state index in [0.29, 0.717) is 18.3 Å². The summed E-state index contributed by atoms with van der Waals surface area (Å²) in [4.78, 5) is 2.05. The summed E-state index contributed by atoms with van der Waals surface area (Å²) < 4.78 is 18.8. The van der Waals surface area contributed by atoms with Crippen molar-refractivity contribution in [1.82, 2.24) is 10.2 Å². The Balaban J connectivity index is 1.78. The Morgan fingerprint density at radius 3 is 2.57 bits per heavy atom. The molecule has 0 saturated carbocycles. The lowest BCUT2D eigenvalue weighted by Gasteiger charge is -2.20. The molecule has 2 aromatic carbocycles. The lowest BCUT2D eigenvalue weighted by atomic mass is 10.1. The van der Waals surface area contributed by atoms with E-state index in [4.69, 9.17) is 4.42 Å². The number of nitrogens with zero attached hydrogens (tertiary/aromatic N) is 3. The summed E-state index contributed by atoms with van der Waals surface area (Å²) in [7, 11) is 0. The first-order valence-electron chi connectivity index (χ1n) is 7.55. The van der Waals surface area contributed by atoms with Crippen LogP contribution in [0.4, 0.5) is 10.1 Å². The molecule has 1 heterocycles. The first-order valence-corrected chi connectivity index (χ1v) is 7.55. The molecular formula is C18H18FN3O. The quantitative estimate of drug-likeness (QED) is 0.708. The Morgan fingerprint density at radius 2 is 1.87 bits per heavy atom. The van der Waals surface area contributed by atoms with E-state index in [1.807, 2.05) is 43.0 Å². The molecule has 0 aliphatic carbocycles. The Hall–Kier alpha value is -2.69. The minimum absolute atomic E-state index is 0.246. The van der Waals surface area contributed by atoms with Crippen LogP contribution in [-0.4, -0.2) is 16.7 Å². The molecule has 0 aliphatic rings. The monoisotopic (exact) mass is 311 g/mol. The molecule has 0 fully saturated rings. The average Bonchev–Trinajstić information content (AvgIpc) is 3.02. The van der Waals surface area contributed by atoms with Gasteiger partial charge < -0.3 is 9.32 Å². The van der Waals surface area contributed by atoms with E-state index >= 15 is 0 Å². The van der Waals surface area contributed by atoms with Crippen LogP contribution in [0.25, 0.3) is 11.5 Å². The molecule has 0 N–H and O–H groups in total. The van der Waals surface area contributed by atoms with E-state index in [1.54, 1.807) is 12.1 Å². The minimum atomic E-state index is -0.246. The van der Waals surface area contributed by atoms with Gasteiger partial charge in [-0.25, -0.2) is 4.39 Å². The van der Waals surface area contributed by atoms with Crippen LogP contribution in [0.5, 0.6) is 0 Å². The van der Waals surface area contributed by atoms with Crippen LogP contribution in [0.15, 0.2) is 52.9 Å². The molecule has 0 aliphatic heterocycles. The number of hydrogen-bond donors (Lipinski definition) is 0. The van der Waals surface area contributed by atoms with Crippen molar-refractivity contribution in [1.29, 1.82) is 0 Å². The standard InChI is InChI=1S/C18H18FN3O/c1-3-22(16-9-7-15(19)8-10-16)12-17-20-21-18(23-17)14-6-4-5-13(2)11-14/h4-11H,3,12H2,1-2H3. The summed E-state index contributed by atoms with van der Waals surface area (Å²) in [5, 5.41) is 8.24. The van der Waals surface area contributed by atoms with E-state index < -0.39 is 0 Å². The van der Waals surface area contributed by atoms with Crippen molar-refractivity contribution in [3.05, 3.63) is 65.8 Å². The van der Waals surface area contributed by atoms with Crippen LogP contribution in [0.1, 0.15) is 18.4 Å². The van der Waals surface area contributed by atoms with Gasteiger partial charge in [0, 0.05) is 17.8 Å². The summed E-state index contributed by atoms with van der Waals surface area (Å²) in [5.41, 5.74) is 2.97. The van der Waals surface area contributed by atoms with Crippen LogP contribution in [0.3, 0.4) is 0 Å². The van der Waals surface area contributed by atoms with Crippen molar-refractivity contribution in [2.45, 2.75) is 20.4 Å². The van der Waals surface area contributed by atoms with Crippen molar-refractivity contribution < 1.29 is 8.81 Å². The topological polar surface area (TPSA) is 42.2 Å². The summed E-state index contributed by atoms with van der Waals surface area (Å²) >= 11 is 0. The second-order valence-corrected chi connectivity index (χ2v) is 5.36. The second kappa shape index (κ2) is 6.60. The van der Waals surface area contributed by atoms with Crippen molar-refractivity contribution in [3.63, 3.8) is 0 Å². The molecule has 5 heteroatoms. The minimum Gasteiger partial charge on any atom is -0.419 e. The number of rotatable bonds is 5. The molecule has 0 atom stereocenters. The molecule has 3 aromatic rings. The van der Waals surface area contributed by atoms with E-state index in [2.05, 4.69) is 10.2 Å². The van der Waals surface area contributed by atoms with Gasteiger partial charge in [0.25, 0.3) is 0 Å². The molecule has 0 unspecified atom stereocenters. The van der Waals surface area contributed by atoms with Gasteiger partial charge in [-0.05, 0) is 50.2 Å². The molecule has 0 amide bonds. The Kier molecular flexibility index (Phi) is 4.37. The number of aromatic nitrogens is 2. The molecular weight excluding hydrogens is 293 g/mol. The molecule has 0 spiro atoms. The smallest absolute Gasteiger partial charge is 0.247 e. The fourth-order valence-electron chi connectivity index (χ4n) is 2.41. The third-order valence-corrected chi connectivity index (χ3v) is 3.63. The van der Waals surface area contributed by atoms with E-state index in [0.717, 1.165) is 23.4 Å². The van der Waals surface area contributed by atoms with Crippen LogP contribution >= 0.6 is 0 Å². The van der Waals surface area contributed by atoms with Crippen molar-refractivity contribution >= 4 is 5.69 Å². The van der Waals surface area contributed by atoms with Gasteiger partial charge in [0.1, 0.15) is 5.82 Å². The zero-order valence-electron chi connectivity index (χ0n) is 13.2. The predicted octanol–water partition coefficient (Wildman–Crippen LogP) is 4.21. The molecule has 4 nitrogen and oxygen atoms in total. The van der Waals surface area contributed by atoms with Gasteiger partial charge in [0.15, 0.2) is 0 Å². The number of anilines is 1. The number of aryl methyl sites for hydroxylation is 1. The SMILES string of the molecule is CCN(Cc1nnc(-c2cccc(C)c2)o1)c1ccc(F)cc1. The number of benzene rings is 2. The van der Waals surface area contributed by atoms with E-state index in [-0.39, 0.29) is 5.82 Å². The van der Waals surface area contributed by atoms with Crippen LogP contribution in [0.2, 0.25) is 0 Å². The van der Waals surface area contributed by atoms with Crippen LogP contribution in [0, 0.1) is 12.7 Å². The summed E-state index contributed by atoms with van der Waals surface area (Å²) in [5.74, 6) is 0.802. The largest absolute Gasteiger partial charge is 0.419 e. The summed E-state index contributed by atoms with van der Waals surface area (Å²) in [6, 6.07) is 14.3. The Morgan fingerprint density at radius 1 is 1.09 bits per heavy atom. The zero-order chi connectivity index (χ0) is 16.2. The molecule has 0 radical (unpaired) electrons. The fraction of sp³-hybridized carbons (Fsp3) is 0.222. The maximum atomic E-state index is 13.0. The maximum absolute atomic E-state index is 13.0. The van der Waals surface area contributed by atoms with Gasteiger partial charge in [-0.2, -0.15) is 0 Å². The Labute approximate surface area is 134 Å². The third-order valence-electron chi connectivity index (χ3n) is 3.63. The van der Waals surface area contributed by atoms with Gasteiger partial charge in [-0.1, -0.05) is 17.7 Å². The predicted molar refractivity (Wildman–Crippen MR) is 87.6 cm³/mol. The van der Waals surface area contributed by atoms with Gasteiger partial charge in [0.2, 0.25) is 11.8 Å². The highest BCUT2D eigenvalue weighted by molar-refractivity contribution is 5.53. The normalized spacial score (nSPS) is 10.7. The van der Waals surface area contributed by atoms with Crippen LogP contribution < -0.4 is 4.90 Å². The molecule has 0 saturated heterocycles. The summed E-state index contributed by atoms with van der Waals surface area (Å²) in [6.45, 7) is 5.30. The van der Waals surface area contributed by atoms with Crippen molar-refractivity contribution in [2.75, 3.05) is 11.4 Å². The van der Waals surface area contributed by atoms with Gasteiger partial charge in [-0.3, -0.25) is 0 Å². The van der Waals surface area contributed by atoms with E-state index in [1.165, 1.54) is 12.1 Å². The van der Waals surface area contributed by atoms with Crippen LogP contribution in [-0.2, 0) is 6.54 Å². The molecule has 118 valence electrons. The average molecular weight is 311 g/mol. The zero-order valence-corrected chi connectivity index (χ0v) is 13.2. The van der Waals surface area contributed by atoms with Gasteiger partial charge in [-0.15, -0.1) is 10.2 Å². The second-order valence-electron chi connectivity index (χ2n) is 5.36. The number of halogens is 1. The first-order chi connectivity index (χ1) is 11.2. The molecule has 23 heavy (non-hydrogen) atoms. The maximum Gasteiger partial charge on any atom is 0.247 e. The fourth-order valence-corrected chi connectivity index (χ4v) is 2.41. The summed E-state index contributed by atoms with van der Waals surface area (Å²) in [6.07, 6.45) is 0. The highest BCUT2D eigenvalue weighted by Crippen LogP contribution is 2.21.